The Morgan fingerprint density at radius 3 is 2.90 bits per heavy atom. The molecule has 1 heterocycles. The van der Waals surface area contributed by atoms with Gasteiger partial charge in [0, 0.05) is 31.8 Å². The average molecular weight is 434 g/mol. The number of carbonyl (C=O) groups is 1. The summed E-state index contributed by atoms with van der Waals surface area (Å²) < 4.78 is 19.2. The number of hydrogen-bond donors (Lipinski definition) is 2. The van der Waals surface area contributed by atoms with Crippen LogP contribution in [0.3, 0.4) is 0 Å². The van der Waals surface area contributed by atoms with Crippen LogP contribution >= 0.6 is 0 Å². The first-order valence-electron chi connectivity index (χ1n) is 10.8. The minimum atomic E-state index is -0.450. The molecule has 31 heavy (non-hydrogen) atoms. The van der Waals surface area contributed by atoms with Crippen LogP contribution in [0.4, 0.5) is 4.39 Å². The molecule has 0 spiro atoms. The second-order valence-electron chi connectivity index (χ2n) is 6.90. The Morgan fingerprint density at radius 2 is 2.23 bits per heavy atom. The van der Waals surface area contributed by atoms with Gasteiger partial charge in [0.25, 0.3) is 0 Å². The van der Waals surface area contributed by atoms with Gasteiger partial charge in [0.2, 0.25) is 0 Å². The molecule has 0 aromatic rings. The van der Waals surface area contributed by atoms with Crippen LogP contribution in [0.15, 0.2) is 57.8 Å². The fourth-order valence-electron chi connectivity index (χ4n) is 2.92. The number of carbonyl (C=O) groups excluding carboxylic acids is 1. The molecule has 0 amide bonds. The van der Waals surface area contributed by atoms with Crippen LogP contribution in [0.2, 0.25) is 0 Å². The Labute approximate surface area is 185 Å². The number of nitrogens with zero attached hydrogens (tertiary/aromatic N) is 3. The summed E-state index contributed by atoms with van der Waals surface area (Å²) in [5, 5.41) is 6.17. The van der Waals surface area contributed by atoms with Gasteiger partial charge in [0.15, 0.2) is 0 Å². The molecule has 1 aliphatic heterocycles. The fourth-order valence-corrected chi connectivity index (χ4v) is 2.92. The van der Waals surface area contributed by atoms with Gasteiger partial charge in [0.05, 0.1) is 18.9 Å². The lowest BCUT2D eigenvalue weighted by Gasteiger charge is -2.31. The normalized spacial score (nSPS) is 17.4. The maximum atomic E-state index is 14.3. The SMILES string of the molecule is CCNCCC=N/C=C(F)\C=C(/C)C(C)N(CC)C1=N/C(=C\C(=O)OCC)NC=CC1. The van der Waals surface area contributed by atoms with Crippen LogP contribution in [-0.2, 0) is 9.53 Å². The number of ether oxygens (including phenoxy) is 1. The molecule has 2 N–H and O–H groups in total. The summed E-state index contributed by atoms with van der Waals surface area (Å²) in [5.41, 5.74) is 0.846. The highest BCUT2D eigenvalue weighted by molar-refractivity contribution is 5.87. The maximum absolute atomic E-state index is 14.3. The Morgan fingerprint density at radius 1 is 1.45 bits per heavy atom. The lowest BCUT2D eigenvalue weighted by Crippen LogP contribution is -2.39. The van der Waals surface area contributed by atoms with Gasteiger partial charge in [-0.2, -0.15) is 0 Å². The van der Waals surface area contributed by atoms with Gasteiger partial charge in [-0.3, -0.25) is 4.99 Å². The van der Waals surface area contributed by atoms with Crippen molar-refractivity contribution in [2.45, 2.75) is 53.5 Å². The molecule has 1 rings (SSSR count). The molecular weight excluding hydrogens is 397 g/mol. The van der Waals surface area contributed by atoms with Gasteiger partial charge in [-0.1, -0.05) is 13.0 Å². The predicted octanol–water partition coefficient (Wildman–Crippen LogP) is 3.83. The molecule has 0 saturated heterocycles. The molecule has 0 aliphatic carbocycles. The second kappa shape index (κ2) is 15.1. The Kier molecular flexibility index (Phi) is 12.8. The van der Waals surface area contributed by atoms with Crippen molar-refractivity contribution in [1.29, 1.82) is 0 Å². The van der Waals surface area contributed by atoms with E-state index in [4.69, 9.17) is 4.74 Å². The van der Waals surface area contributed by atoms with Gasteiger partial charge in [-0.15, -0.1) is 0 Å². The zero-order valence-corrected chi connectivity index (χ0v) is 19.3. The van der Waals surface area contributed by atoms with E-state index in [0.29, 0.717) is 25.4 Å². The van der Waals surface area contributed by atoms with E-state index in [1.54, 1.807) is 19.3 Å². The number of likely N-dealkylation sites (N-methyl/N-ethyl adjacent to an activating group) is 1. The summed E-state index contributed by atoms with van der Waals surface area (Å²) in [6.45, 7) is 12.4. The standard InChI is InChI=1S/C23H36FN5O2/c1-6-25-12-10-13-26-17-20(24)15-18(4)19(5)29(7-2)22-11-9-14-27-21(28-22)16-23(30)31-8-3/h9,13-17,19,25,27H,6-8,10-12H2,1-5H3/b18-15+,20-17+,21-16-,26-13?. The van der Waals surface area contributed by atoms with Crippen LogP contribution < -0.4 is 10.6 Å². The molecule has 1 unspecified atom stereocenters. The van der Waals surface area contributed by atoms with E-state index in [-0.39, 0.29) is 6.04 Å². The molecule has 1 aliphatic rings. The van der Waals surface area contributed by atoms with Crippen molar-refractivity contribution in [3.05, 3.63) is 47.8 Å². The number of allylic oxidation sites excluding steroid dienone is 2. The quantitative estimate of drug-likeness (QED) is 0.170. The molecule has 8 heteroatoms. The van der Waals surface area contributed by atoms with Crippen LogP contribution in [0, 0.1) is 0 Å². The molecule has 0 aromatic heterocycles. The highest BCUT2D eigenvalue weighted by atomic mass is 19.1. The molecule has 0 radical (unpaired) electrons. The molecule has 172 valence electrons. The first-order chi connectivity index (χ1) is 14.9. The molecule has 0 saturated carbocycles. The molecule has 0 bridgehead atoms. The topological polar surface area (TPSA) is 78.3 Å². The van der Waals surface area contributed by atoms with E-state index < -0.39 is 11.8 Å². The molecule has 0 fully saturated rings. The van der Waals surface area contributed by atoms with E-state index in [1.165, 1.54) is 18.4 Å². The smallest absolute Gasteiger partial charge is 0.334 e. The summed E-state index contributed by atoms with van der Waals surface area (Å²) in [6, 6.07) is -0.0871. The summed E-state index contributed by atoms with van der Waals surface area (Å²) in [7, 11) is 0. The van der Waals surface area contributed by atoms with E-state index in [0.717, 1.165) is 30.9 Å². The van der Waals surface area contributed by atoms with Crippen LogP contribution in [-0.4, -0.2) is 55.2 Å². The van der Waals surface area contributed by atoms with Gasteiger partial charge < -0.3 is 20.3 Å². The van der Waals surface area contributed by atoms with Crippen molar-refractivity contribution in [1.82, 2.24) is 15.5 Å². The first kappa shape index (κ1) is 26.3. The fraction of sp³-hybridized carbons (Fsp3) is 0.522. The van der Waals surface area contributed by atoms with Crippen molar-refractivity contribution in [3.8, 4) is 0 Å². The van der Waals surface area contributed by atoms with Gasteiger partial charge in [0.1, 0.15) is 17.5 Å². The Hall–Kier alpha value is -2.74. The van der Waals surface area contributed by atoms with Crippen molar-refractivity contribution in [2.24, 2.45) is 9.98 Å². The largest absolute Gasteiger partial charge is 0.463 e. The molecule has 7 nitrogen and oxygen atoms in total. The van der Waals surface area contributed by atoms with Crippen molar-refractivity contribution < 1.29 is 13.9 Å². The Bertz CT molecular complexity index is 753. The van der Waals surface area contributed by atoms with Crippen molar-refractivity contribution in [2.75, 3.05) is 26.2 Å². The number of rotatable bonds is 11. The van der Waals surface area contributed by atoms with Crippen LogP contribution in [0.25, 0.3) is 0 Å². The van der Waals surface area contributed by atoms with E-state index >= 15 is 0 Å². The third kappa shape index (κ3) is 10.2. The van der Waals surface area contributed by atoms with Gasteiger partial charge in [-0.05, 0) is 58.5 Å². The summed E-state index contributed by atoms with van der Waals surface area (Å²) in [6.07, 6.45) is 10.8. The monoisotopic (exact) mass is 433 g/mol. The molecule has 1 atom stereocenters. The third-order valence-corrected chi connectivity index (χ3v) is 4.61. The highest BCUT2D eigenvalue weighted by Crippen LogP contribution is 2.17. The first-order valence-corrected chi connectivity index (χ1v) is 10.8. The van der Waals surface area contributed by atoms with Gasteiger partial charge in [-0.25, -0.2) is 14.2 Å². The predicted molar refractivity (Wildman–Crippen MR) is 125 cm³/mol. The minimum Gasteiger partial charge on any atom is -0.463 e. The minimum absolute atomic E-state index is 0.0871. The van der Waals surface area contributed by atoms with E-state index in [1.807, 2.05) is 33.8 Å². The van der Waals surface area contributed by atoms with E-state index in [2.05, 4.69) is 25.5 Å². The highest BCUT2D eigenvalue weighted by Gasteiger charge is 2.19. The average Bonchev–Trinajstić information content (AvgIpc) is 2.96. The summed E-state index contributed by atoms with van der Waals surface area (Å²) in [5.74, 6) is 0.346. The van der Waals surface area contributed by atoms with Gasteiger partial charge >= 0.3 is 5.97 Å². The maximum Gasteiger partial charge on any atom is 0.334 e. The van der Waals surface area contributed by atoms with E-state index in [9.17, 15) is 9.18 Å². The third-order valence-electron chi connectivity index (χ3n) is 4.61. The van der Waals surface area contributed by atoms with Crippen molar-refractivity contribution in [3.63, 3.8) is 0 Å². The summed E-state index contributed by atoms with van der Waals surface area (Å²) in [4.78, 5) is 22.5. The second-order valence-corrected chi connectivity index (χ2v) is 6.90. The lowest BCUT2D eigenvalue weighted by molar-refractivity contribution is -0.137. The number of nitrogens with one attached hydrogen (secondary N) is 2. The Balaban J connectivity index is 2.93. The molecule has 0 aromatic carbocycles. The zero-order valence-electron chi connectivity index (χ0n) is 19.3. The van der Waals surface area contributed by atoms with Crippen molar-refractivity contribution >= 4 is 18.0 Å². The number of esters is 1. The number of amidine groups is 1. The van der Waals surface area contributed by atoms with Crippen LogP contribution in [0.1, 0.15) is 47.5 Å². The lowest BCUT2D eigenvalue weighted by atomic mass is 10.1. The summed E-state index contributed by atoms with van der Waals surface area (Å²) >= 11 is 0. The number of aliphatic imine (C=N–C) groups is 2. The molecular formula is C23H36FN5O2. The van der Waals surface area contributed by atoms with Crippen LogP contribution in [0.5, 0.6) is 0 Å². The number of halogens is 1. The zero-order chi connectivity index (χ0) is 23.1. The number of hydrogen-bond acceptors (Lipinski definition) is 7.